The lowest BCUT2D eigenvalue weighted by atomic mass is 9.83. The lowest BCUT2D eigenvalue weighted by Gasteiger charge is -2.37. The zero-order chi connectivity index (χ0) is 20.6. The number of aromatic nitrogens is 1. The molecule has 1 heterocycles. The minimum absolute atomic E-state index is 0.694. The maximum atomic E-state index is 10.2. The van der Waals surface area contributed by atoms with E-state index in [-0.39, 0.29) is 0 Å². The van der Waals surface area contributed by atoms with Crippen molar-refractivity contribution >= 4 is 12.9 Å². The lowest BCUT2D eigenvalue weighted by Crippen LogP contribution is -2.49. The first-order valence-corrected chi connectivity index (χ1v) is 10.2. The fraction of sp³-hybridized carbons (Fsp3) is 0.320. The molecule has 1 aliphatic carbocycles. The van der Waals surface area contributed by atoms with Gasteiger partial charge in [0.05, 0.1) is 16.9 Å². The average Bonchev–Trinajstić information content (AvgIpc) is 2.71. The van der Waals surface area contributed by atoms with E-state index < -0.39 is 11.2 Å². The van der Waals surface area contributed by atoms with Gasteiger partial charge in [-0.15, -0.1) is 0 Å². The van der Waals surface area contributed by atoms with Crippen molar-refractivity contribution in [3.05, 3.63) is 71.9 Å². The van der Waals surface area contributed by atoms with E-state index in [1.54, 1.807) is 21.3 Å². The second-order valence-corrected chi connectivity index (χ2v) is 8.81. The van der Waals surface area contributed by atoms with Gasteiger partial charge in [-0.1, -0.05) is 42.5 Å². The van der Waals surface area contributed by atoms with Crippen LogP contribution in [0.5, 0.6) is 0 Å². The summed E-state index contributed by atoms with van der Waals surface area (Å²) in [6.45, 7) is 7.24. The van der Waals surface area contributed by atoms with Gasteiger partial charge in [-0.3, -0.25) is 4.98 Å². The second-order valence-electron chi connectivity index (χ2n) is 8.81. The van der Waals surface area contributed by atoms with Crippen LogP contribution in [0.2, 0.25) is 0 Å². The smallest absolute Gasteiger partial charge is 0.332 e. The molecule has 0 saturated heterocycles. The van der Waals surface area contributed by atoms with Gasteiger partial charge in [0.15, 0.2) is 0 Å². The van der Waals surface area contributed by atoms with Gasteiger partial charge in [0.1, 0.15) is 0 Å². The molecule has 4 heteroatoms. The van der Waals surface area contributed by atoms with E-state index in [9.17, 15) is 5.11 Å². The van der Waals surface area contributed by atoms with Gasteiger partial charge in [0, 0.05) is 11.8 Å². The molecule has 147 valence electrons. The molecule has 0 unspecified atom stereocenters. The fourth-order valence-electron chi connectivity index (χ4n) is 3.50. The Morgan fingerprint density at radius 3 is 2.34 bits per heavy atom. The number of pyridine rings is 1. The van der Waals surface area contributed by atoms with E-state index in [1.807, 2.05) is 32.2 Å². The summed E-state index contributed by atoms with van der Waals surface area (Å²) < 4.78 is 5.82. The molecule has 1 aliphatic rings. The molecule has 1 N–H and O–H groups in total. The highest BCUT2D eigenvalue weighted by Crippen LogP contribution is 2.35. The summed E-state index contributed by atoms with van der Waals surface area (Å²) >= 11 is 0. The molecule has 0 bridgehead atoms. The second kappa shape index (κ2) is 7.44. The van der Waals surface area contributed by atoms with Gasteiger partial charge in [-0.05, 0) is 80.4 Å². The maximum Gasteiger partial charge on any atom is 0.332 e. The molecule has 1 radical (unpaired) electrons. The van der Waals surface area contributed by atoms with E-state index in [0.717, 1.165) is 29.6 Å². The standard InChI is InChI=1S/C25H27BNO2/c1-24(2,28)25(3,4)29-26-20-12-14-23(27-16-20)19-11-13-22-18(15-19)10-9-17-7-5-6-8-21(17)22/h5-8,11-16,28H,9-10H2,1-4H3. The number of benzene rings is 2. The van der Waals surface area contributed by atoms with Crippen LogP contribution in [0.1, 0.15) is 38.8 Å². The predicted octanol–water partition coefficient (Wildman–Crippen LogP) is 4.32. The summed E-state index contributed by atoms with van der Waals surface area (Å²) in [5.41, 5.74) is 6.82. The first-order chi connectivity index (χ1) is 13.7. The highest BCUT2D eigenvalue weighted by Gasteiger charge is 2.35. The molecule has 0 saturated carbocycles. The highest BCUT2D eigenvalue weighted by atomic mass is 16.5. The Balaban J connectivity index is 1.52. The summed E-state index contributed by atoms with van der Waals surface area (Å²) in [4.78, 5) is 4.63. The average molecular weight is 384 g/mol. The molecule has 3 nitrogen and oxygen atoms in total. The number of nitrogens with zero attached hydrogens (tertiary/aromatic N) is 1. The van der Waals surface area contributed by atoms with E-state index >= 15 is 0 Å². The molecular formula is C25H27BNO2. The SMILES string of the molecule is CC(C)(O)C(C)(C)O[B]c1ccc(-c2ccc3c(c2)CCc2ccccc2-3)nc1. The molecule has 0 fully saturated rings. The molecule has 0 amide bonds. The minimum Gasteiger partial charge on any atom is -0.427 e. The van der Waals surface area contributed by atoms with Gasteiger partial charge >= 0.3 is 7.48 Å². The maximum absolute atomic E-state index is 10.2. The predicted molar refractivity (Wildman–Crippen MR) is 119 cm³/mol. The van der Waals surface area contributed by atoms with Crippen molar-refractivity contribution in [3.63, 3.8) is 0 Å². The van der Waals surface area contributed by atoms with Crippen LogP contribution in [0, 0.1) is 0 Å². The van der Waals surface area contributed by atoms with Crippen molar-refractivity contribution in [2.24, 2.45) is 0 Å². The quantitative estimate of drug-likeness (QED) is 0.666. The van der Waals surface area contributed by atoms with Crippen molar-refractivity contribution in [1.82, 2.24) is 4.98 Å². The van der Waals surface area contributed by atoms with Crippen LogP contribution in [-0.4, -0.2) is 28.8 Å². The van der Waals surface area contributed by atoms with E-state index in [0.29, 0.717) is 0 Å². The molecule has 4 rings (SSSR count). The van der Waals surface area contributed by atoms with Gasteiger partial charge in [-0.2, -0.15) is 0 Å². The third kappa shape index (κ3) is 4.00. The molecule has 29 heavy (non-hydrogen) atoms. The Labute approximate surface area is 174 Å². The van der Waals surface area contributed by atoms with Crippen LogP contribution in [0.25, 0.3) is 22.4 Å². The molecule has 0 spiro atoms. The summed E-state index contributed by atoms with van der Waals surface area (Å²) in [7, 11) is 1.67. The normalized spacial score (nSPS) is 13.6. The van der Waals surface area contributed by atoms with Crippen LogP contribution in [0.3, 0.4) is 0 Å². The number of aliphatic hydroxyl groups is 1. The topological polar surface area (TPSA) is 42.4 Å². The molecule has 0 atom stereocenters. The summed E-state index contributed by atoms with van der Waals surface area (Å²) in [6.07, 6.45) is 3.96. The fourth-order valence-corrected chi connectivity index (χ4v) is 3.50. The Morgan fingerprint density at radius 2 is 1.62 bits per heavy atom. The number of fused-ring (bicyclic) bond motifs is 3. The Bertz CT molecular complexity index is 1020. The van der Waals surface area contributed by atoms with Crippen molar-refractivity contribution in [3.8, 4) is 22.4 Å². The van der Waals surface area contributed by atoms with E-state index in [1.165, 1.54) is 22.3 Å². The third-order valence-corrected chi connectivity index (χ3v) is 6.12. The van der Waals surface area contributed by atoms with Gasteiger partial charge < -0.3 is 9.76 Å². The Kier molecular flexibility index (Phi) is 5.10. The Morgan fingerprint density at radius 1 is 0.897 bits per heavy atom. The van der Waals surface area contributed by atoms with Crippen molar-refractivity contribution in [1.29, 1.82) is 0 Å². The summed E-state index contributed by atoms with van der Waals surface area (Å²) in [6, 6.07) is 19.3. The van der Waals surface area contributed by atoms with E-state index in [4.69, 9.17) is 4.65 Å². The monoisotopic (exact) mass is 384 g/mol. The summed E-state index contributed by atoms with van der Waals surface area (Å²) in [5.74, 6) is 0. The zero-order valence-electron chi connectivity index (χ0n) is 17.6. The largest absolute Gasteiger partial charge is 0.427 e. The van der Waals surface area contributed by atoms with Crippen LogP contribution >= 0.6 is 0 Å². The number of hydrogen-bond donors (Lipinski definition) is 1. The van der Waals surface area contributed by atoms with Crippen LogP contribution in [-0.2, 0) is 17.5 Å². The van der Waals surface area contributed by atoms with Gasteiger partial charge in [0.2, 0.25) is 0 Å². The van der Waals surface area contributed by atoms with E-state index in [2.05, 4.69) is 47.4 Å². The Hall–Kier alpha value is -2.43. The molecular weight excluding hydrogens is 357 g/mol. The van der Waals surface area contributed by atoms with Crippen LogP contribution < -0.4 is 5.46 Å². The third-order valence-electron chi connectivity index (χ3n) is 6.12. The van der Waals surface area contributed by atoms with Crippen molar-refractivity contribution in [2.75, 3.05) is 0 Å². The van der Waals surface area contributed by atoms with Gasteiger partial charge in [-0.25, -0.2) is 0 Å². The highest BCUT2D eigenvalue weighted by molar-refractivity contribution is 6.46. The van der Waals surface area contributed by atoms with Crippen molar-refractivity contribution in [2.45, 2.75) is 51.7 Å². The van der Waals surface area contributed by atoms with Crippen LogP contribution in [0.4, 0.5) is 0 Å². The van der Waals surface area contributed by atoms with Crippen LogP contribution in [0.15, 0.2) is 60.8 Å². The lowest BCUT2D eigenvalue weighted by molar-refractivity contribution is -0.0893. The number of aryl methyl sites for hydroxylation is 2. The first kappa shape index (κ1) is 19.9. The number of rotatable bonds is 5. The molecule has 1 aromatic heterocycles. The summed E-state index contributed by atoms with van der Waals surface area (Å²) in [5, 5.41) is 10.2. The zero-order valence-corrected chi connectivity index (χ0v) is 17.6. The van der Waals surface area contributed by atoms with Crippen molar-refractivity contribution < 1.29 is 9.76 Å². The minimum atomic E-state index is -0.946. The number of hydrogen-bond acceptors (Lipinski definition) is 3. The first-order valence-electron chi connectivity index (χ1n) is 10.2. The molecule has 2 aromatic carbocycles. The van der Waals surface area contributed by atoms with Gasteiger partial charge in [0.25, 0.3) is 0 Å². The molecule has 0 aliphatic heterocycles. The molecule has 3 aromatic rings.